The summed E-state index contributed by atoms with van der Waals surface area (Å²) in [6.45, 7) is 5.98. The molecule has 1 aromatic rings. The van der Waals surface area contributed by atoms with Crippen LogP contribution in [0.2, 0.25) is 0 Å². The Morgan fingerprint density at radius 1 is 1.15 bits per heavy atom. The van der Waals surface area contributed by atoms with E-state index in [2.05, 4.69) is 26.6 Å². The van der Waals surface area contributed by atoms with Gasteiger partial charge in [0.25, 0.3) is 0 Å². The van der Waals surface area contributed by atoms with E-state index in [0.717, 1.165) is 80.9 Å². The van der Waals surface area contributed by atoms with Gasteiger partial charge in [-0.05, 0) is 56.9 Å². The van der Waals surface area contributed by atoms with Crippen LogP contribution < -0.4 is 20.1 Å². The minimum Gasteiger partial charge on any atom is -0.493 e. The van der Waals surface area contributed by atoms with E-state index < -0.39 is 0 Å². The quantitative estimate of drug-likeness (QED) is 0.281. The van der Waals surface area contributed by atoms with Gasteiger partial charge in [-0.3, -0.25) is 4.99 Å². The number of nitrogens with one attached hydrogen (secondary N) is 2. The van der Waals surface area contributed by atoms with Crippen LogP contribution in [0.4, 0.5) is 0 Å². The zero-order valence-electron chi connectivity index (χ0n) is 20.2. The van der Waals surface area contributed by atoms with Crippen molar-refractivity contribution in [3.8, 4) is 11.5 Å². The van der Waals surface area contributed by atoms with E-state index in [1.54, 1.807) is 7.11 Å². The number of methoxy groups -OCH3 is 1. The second kappa shape index (κ2) is 13.6. The summed E-state index contributed by atoms with van der Waals surface area (Å²) in [5.74, 6) is 3.24. The molecule has 2 aliphatic heterocycles. The number of likely N-dealkylation sites (tertiary alicyclic amines) is 1. The van der Waals surface area contributed by atoms with Crippen molar-refractivity contribution >= 4 is 29.9 Å². The molecule has 1 saturated carbocycles. The van der Waals surface area contributed by atoms with Crippen LogP contribution in [-0.4, -0.2) is 70.0 Å². The Bertz CT molecular complexity index is 743. The first kappa shape index (κ1) is 26.3. The van der Waals surface area contributed by atoms with E-state index in [9.17, 15) is 0 Å². The summed E-state index contributed by atoms with van der Waals surface area (Å²) >= 11 is 0. The molecule has 3 fully saturated rings. The molecule has 8 heteroatoms. The van der Waals surface area contributed by atoms with Gasteiger partial charge in [0.05, 0.1) is 19.8 Å². The Labute approximate surface area is 216 Å². The molecule has 2 saturated heterocycles. The molecule has 0 aromatic heterocycles. The van der Waals surface area contributed by atoms with Gasteiger partial charge in [0.15, 0.2) is 17.5 Å². The maximum absolute atomic E-state index is 6.37. The Hall–Kier alpha value is -1.26. The number of hydrogen-bond donors (Lipinski definition) is 2. The van der Waals surface area contributed by atoms with Crippen molar-refractivity contribution in [1.82, 2.24) is 15.5 Å². The van der Waals surface area contributed by atoms with E-state index in [0.29, 0.717) is 18.7 Å². The summed E-state index contributed by atoms with van der Waals surface area (Å²) in [5.41, 5.74) is 1.10. The first-order chi connectivity index (χ1) is 15.7. The van der Waals surface area contributed by atoms with Crippen LogP contribution >= 0.6 is 24.0 Å². The van der Waals surface area contributed by atoms with Gasteiger partial charge in [0, 0.05) is 51.4 Å². The van der Waals surface area contributed by atoms with Crippen molar-refractivity contribution in [2.45, 2.75) is 63.6 Å². The number of halogens is 1. The van der Waals surface area contributed by atoms with Gasteiger partial charge in [-0.2, -0.15) is 0 Å². The highest BCUT2D eigenvalue weighted by Crippen LogP contribution is 2.34. The summed E-state index contributed by atoms with van der Waals surface area (Å²) in [6, 6.07) is 6.57. The number of ether oxygens (including phenoxy) is 3. The minimum absolute atomic E-state index is 0. The van der Waals surface area contributed by atoms with Gasteiger partial charge < -0.3 is 29.7 Å². The molecule has 7 nitrogen and oxygen atoms in total. The minimum atomic E-state index is 0. The third kappa shape index (κ3) is 7.62. The van der Waals surface area contributed by atoms with Gasteiger partial charge in [-0.25, -0.2) is 0 Å². The fraction of sp³-hybridized carbons (Fsp3) is 0.720. The lowest BCUT2D eigenvalue weighted by Gasteiger charge is -2.34. The highest BCUT2D eigenvalue weighted by molar-refractivity contribution is 14.0. The standard InChI is InChI=1S/C25H40N4O3.HI/c1-26-25(28-21-10-13-29(14-11-21)17-19-12-15-31-18-19)27-16-20-6-5-9-23(30-2)24(20)32-22-7-3-4-8-22;/h5-6,9,19,21-22H,3-4,7-8,10-18H2,1-2H3,(H2,26,27,28);1H. The van der Waals surface area contributed by atoms with Crippen LogP contribution in [0.3, 0.4) is 0 Å². The van der Waals surface area contributed by atoms with Gasteiger partial charge >= 0.3 is 0 Å². The number of hydrogen-bond acceptors (Lipinski definition) is 5. The molecule has 4 rings (SSSR count). The molecule has 0 amide bonds. The van der Waals surface area contributed by atoms with Crippen molar-refractivity contribution in [2.24, 2.45) is 10.9 Å². The molecule has 0 radical (unpaired) electrons. The van der Waals surface area contributed by atoms with Crippen LogP contribution in [0, 0.1) is 5.92 Å². The number of benzene rings is 1. The lowest BCUT2D eigenvalue weighted by molar-refractivity contribution is 0.150. The van der Waals surface area contributed by atoms with Gasteiger partial charge in [0.1, 0.15) is 0 Å². The topological polar surface area (TPSA) is 67.4 Å². The second-order valence-corrected chi connectivity index (χ2v) is 9.35. The van der Waals surface area contributed by atoms with Gasteiger partial charge in [-0.1, -0.05) is 12.1 Å². The largest absolute Gasteiger partial charge is 0.493 e. The predicted molar refractivity (Wildman–Crippen MR) is 143 cm³/mol. The molecule has 1 unspecified atom stereocenters. The number of piperidine rings is 1. The van der Waals surface area contributed by atoms with E-state index in [1.165, 1.54) is 25.8 Å². The van der Waals surface area contributed by atoms with Gasteiger partial charge in [0.2, 0.25) is 0 Å². The summed E-state index contributed by atoms with van der Waals surface area (Å²) in [4.78, 5) is 7.06. The van der Waals surface area contributed by atoms with E-state index in [1.807, 2.05) is 19.2 Å². The normalized spacial score (nSPS) is 22.7. The van der Waals surface area contributed by atoms with Crippen LogP contribution in [0.5, 0.6) is 11.5 Å². The smallest absolute Gasteiger partial charge is 0.191 e. The Kier molecular flexibility index (Phi) is 10.8. The molecule has 0 bridgehead atoms. The number of rotatable bonds is 8. The van der Waals surface area contributed by atoms with Crippen molar-refractivity contribution in [2.75, 3.05) is 47.0 Å². The summed E-state index contributed by atoms with van der Waals surface area (Å²) < 4.78 is 17.5. The Balaban J connectivity index is 0.00000306. The molecule has 2 N–H and O–H groups in total. The molecule has 1 aromatic carbocycles. The predicted octanol–water partition coefficient (Wildman–Crippen LogP) is 3.80. The van der Waals surface area contributed by atoms with Crippen LogP contribution in [0.1, 0.15) is 50.5 Å². The zero-order valence-corrected chi connectivity index (χ0v) is 22.5. The average molecular weight is 573 g/mol. The Morgan fingerprint density at radius 3 is 2.61 bits per heavy atom. The maximum Gasteiger partial charge on any atom is 0.191 e. The highest BCUT2D eigenvalue weighted by atomic mass is 127. The third-order valence-corrected chi connectivity index (χ3v) is 7.01. The Morgan fingerprint density at radius 2 is 1.94 bits per heavy atom. The molecule has 1 atom stereocenters. The number of guanidine groups is 1. The SMILES string of the molecule is CN=C(NCc1cccc(OC)c1OC1CCCC1)NC1CCN(CC2CCOC2)CC1.I. The first-order valence-corrected chi connectivity index (χ1v) is 12.3. The first-order valence-electron chi connectivity index (χ1n) is 12.3. The summed E-state index contributed by atoms with van der Waals surface area (Å²) in [6.07, 6.45) is 8.54. The fourth-order valence-corrected chi connectivity index (χ4v) is 5.09. The van der Waals surface area contributed by atoms with Gasteiger partial charge in [-0.15, -0.1) is 24.0 Å². The fourth-order valence-electron chi connectivity index (χ4n) is 5.09. The lowest BCUT2D eigenvalue weighted by Crippen LogP contribution is -2.49. The second-order valence-electron chi connectivity index (χ2n) is 9.35. The van der Waals surface area contributed by atoms with Crippen LogP contribution in [-0.2, 0) is 11.3 Å². The van der Waals surface area contributed by atoms with Crippen molar-refractivity contribution in [1.29, 1.82) is 0 Å². The molecule has 186 valence electrons. The number of aliphatic imine (C=N–C) groups is 1. The van der Waals surface area contributed by atoms with Crippen LogP contribution in [0.25, 0.3) is 0 Å². The van der Waals surface area contributed by atoms with E-state index >= 15 is 0 Å². The van der Waals surface area contributed by atoms with Crippen molar-refractivity contribution < 1.29 is 14.2 Å². The third-order valence-electron chi connectivity index (χ3n) is 7.01. The van der Waals surface area contributed by atoms with E-state index in [4.69, 9.17) is 14.2 Å². The molecule has 3 aliphatic rings. The molecule has 1 aliphatic carbocycles. The number of nitrogens with zero attached hydrogens (tertiary/aromatic N) is 2. The summed E-state index contributed by atoms with van der Waals surface area (Å²) in [5, 5.41) is 7.12. The molecular weight excluding hydrogens is 531 g/mol. The molecule has 33 heavy (non-hydrogen) atoms. The monoisotopic (exact) mass is 572 g/mol. The highest BCUT2D eigenvalue weighted by Gasteiger charge is 2.25. The molecular formula is C25H41IN4O3. The average Bonchev–Trinajstić information content (AvgIpc) is 3.53. The molecule has 0 spiro atoms. The van der Waals surface area contributed by atoms with Crippen LogP contribution in [0.15, 0.2) is 23.2 Å². The van der Waals surface area contributed by atoms with E-state index in [-0.39, 0.29) is 24.0 Å². The lowest BCUT2D eigenvalue weighted by atomic mass is 10.0. The van der Waals surface area contributed by atoms with Crippen molar-refractivity contribution in [3.63, 3.8) is 0 Å². The molecule has 2 heterocycles. The number of para-hydroxylation sites is 1. The van der Waals surface area contributed by atoms with Crippen molar-refractivity contribution in [3.05, 3.63) is 23.8 Å². The zero-order chi connectivity index (χ0) is 22.2. The maximum atomic E-state index is 6.37. The summed E-state index contributed by atoms with van der Waals surface area (Å²) in [7, 11) is 3.55.